The first-order valence-corrected chi connectivity index (χ1v) is 3.23. The molecule has 0 spiro atoms. The van der Waals surface area contributed by atoms with Gasteiger partial charge in [-0.05, 0) is 18.2 Å². The minimum atomic E-state index is -0.813. The Labute approximate surface area is 84.7 Å². The molecule has 0 unspecified atom stereocenters. The molecule has 1 aromatic rings. The minimum Gasteiger partial charge on any atom is -0.296 e. The van der Waals surface area contributed by atoms with E-state index in [4.69, 9.17) is 16.9 Å². The van der Waals surface area contributed by atoms with E-state index in [2.05, 4.69) is 4.89 Å². The molecule has 12 heavy (non-hydrogen) atoms. The smallest absolute Gasteiger partial charge is 0.296 e. The van der Waals surface area contributed by atoms with Gasteiger partial charge in [-0.25, -0.2) is 4.79 Å². The fraction of sp³-hybridized carbons (Fsp3) is 0. The molecule has 1 N–H and O–H groups in total. The van der Waals surface area contributed by atoms with Crippen molar-refractivity contribution >= 4 is 17.6 Å². The molecular weight excluding hydrogens is 231 g/mol. The Bertz CT molecular complexity index is 277. The van der Waals surface area contributed by atoms with Gasteiger partial charge >= 0.3 is 5.97 Å². The van der Waals surface area contributed by atoms with Gasteiger partial charge in [0, 0.05) is 22.1 Å². The zero-order chi connectivity index (χ0) is 8.27. The summed E-state index contributed by atoms with van der Waals surface area (Å²) in [6, 6.07) is 6.11. The number of hydrogen-bond acceptors (Lipinski definition) is 3. The van der Waals surface area contributed by atoms with E-state index < -0.39 is 5.97 Å². The van der Waals surface area contributed by atoms with Gasteiger partial charge in [0.1, 0.15) is 0 Å². The maximum Gasteiger partial charge on any atom is 0.372 e. The van der Waals surface area contributed by atoms with E-state index in [0.29, 0.717) is 5.02 Å². The maximum absolute atomic E-state index is 10.6. The van der Waals surface area contributed by atoms with Crippen LogP contribution in [0, 0.1) is 0 Å². The molecule has 0 aliphatic carbocycles. The van der Waals surface area contributed by atoms with Gasteiger partial charge < -0.3 is 0 Å². The van der Waals surface area contributed by atoms with Crippen molar-refractivity contribution in [2.45, 2.75) is 0 Å². The van der Waals surface area contributed by atoms with Gasteiger partial charge in [-0.3, -0.25) is 4.89 Å². The Balaban J connectivity index is 0.00000121. The molecule has 0 aliphatic rings. The Morgan fingerprint density at radius 2 is 2.17 bits per heavy atom. The molecule has 0 heterocycles. The van der Waals surface area contributed by atoms with Gasteiger partial charge in [0.05, 0.1) is 5.56 Å². The van der Waals surface area contributed by atoms with Crippen LogP contribution in [0.5, 0.6) is 0 Å². The third-order valence-electron chi connectivity index (χ3n) is 1.14. The van der Waals surface area contributed by atoms with Crippen LogP contribution in [0.3, 0.4) is 0 Å². The summed E-state index contributed by atoms with van der Waals surface area (Å²) in [5.74, 6) is -0.813. The molecule has 1 aromatic carbocycles. The fourth-order valence-corrected chi connectivity index (χ4v) is 0.858. The van der Waals surface area contributed by atoms with Crippen molar-refractivity contribution in [3.63, 3.8) is 0 Å². The summed E-state index contributed by atoms with van der Waals surface area (Å²) in [5.41, 5.74) is 0.222. The minimum absolute atomic E-state index is 0. The first-order chi connectivity index (χ1) is 5.24. The van der Waals surface area contributed by atoms with E-state index in [1.54, 1.807) is 12.1 Å². The van der Waals surface area contributed by atoms with Crippen LogP contribution in [-0.4, -0.2) is 11.2 Å². The predicted molar refractivity (Wildman–Crippen MR) is 39.5 cm³/mol. The van der Waals surface area contributed by atoms with Gasteiger partial charge in [0.25, 0.3) is 0 Å². The molecule has 0 saturated carbocycles. The van der Waals surface area contributed by atoms with Crippen LogP contribution in [0.1, 0.15) is 10.4 Å². The van der Waals surface area contributed by atoms with Gasteiger partial charge in [0.15, 0.2) is 0 Å². The zero-order valence-electron chi connectivity index (χ0n) is 5.75. The maximum atomic E-state index is 10.6. The van der Waals surface area contributed by atoms with Crippen molar-refractivity contribution in [3.05, 3.63) is 34.9 Å². The van der Waals surface area contributed by atoms with Gasteiger partial charge in [0.2, 0.25) is 0 Å². The fourth-order valence-electron chi connectivity index (χ4n) is 0.668. The van der Waals surface area contributed by atoms with Crippen molar-refractivity contribution in [2.75, 3.05) is 0 Å². The van der Waals surface area contributed by atoms with E-state index in [1.165, 1.54) is 12.1 Å². The molecule has 1 rings (SSSR count). The van der Waals surface area contributed by atoms with Crippen molar-refractivity contribution in [3.8, 4) is 0 Å². The summed E-state index contributed by atoms with van der Waals surface area (Å²) in [5, 5.41) is 8.41. The van der Waals surface area contributed by atoms with E-state index >= 15 is 0 Å². The zero-order valence-corrected chi connectivity index (χ0v) is 7.45. The normalized spacial score (nSPS) is 8.50. The van der Waals surface area contributed by atoms with E-state index in [9.17, 15) is 4.79 Å². The number of rotatable bonds is 1. The number of halogens is 1. The van der Waals surface area contributed by atoms with Gasteiger partial charge in [-0.1, -0.05) is 17.7 Å². The third kappa shape index (κ3) is 2.83. The Kier molecular flexibility index (Phi) is 4.93. The van der Waals surface area contributed by atoms with Gasteiger partial charge in [-0.2, -0.15) is 5.26 Å². The van der Waals surface area contributed by atoms with Gasteiger partial charge in [-0.15, -0.1) is 0 Å². The molecule has 0 aromatic heterocycles. The van der Waals surface area contributed by atoms with Crippen LogP contribution in [0.2, 0.25) is 5.02 Å². The number of carbonyl (C=O) groups is 1. The average molecular weight is 236 g/mol. The number of carbonyl (C=O) groups excluding carboxylic acids is 1. The SMILES string of the molecule is O=C(OO)c1cccc(Cl)c1.[Cu]. The quantitative estimate of drug-likeness (QED) is 0.460. The molecule has 0 aliphatic heterocycles. The Morgan fingerprint density at radius 1 is 1.50 bits per heavy atom. The molecule has 0 saturated heterocycles. The van der Waals surface area contributed by atoms with E-state index in [-0.39, 0.29) is 22.6 Å². The Hall–Kier alpha value is -0.541. The molecule has 0 bridgehead atoms. The van der Waals surface area contributed by atoms with E-state index in [1.807, 2.05) is 0 Å². The van der Waals surface area contributed by atoms with Crippen LogP contribution < -0.4 is 0 Å². The standard InChI is InChI=1S/C7H5ClO3.Cu/c8-6-3-1-2-5(4-6)7(9)11-10;/h1-4,10H;. The molecule has 5 heteroatoms. The number of benzene rings is 1. The molecule has 0 fully saturated rings. The van der Waals surface area contributed by atoms with Crippen molar-refractivity contribution < 1.29 is 32.0 Å². The molecule has 0 atom stereocenters. The molecular formula is C7H5ClCuO3. The van der Waals surface area contributed by atoms with Crippen molar-refractivity contribution in [1.29, 1.82) is 0 Å². The molecule has 69 valence electrons. The predicted octanol–water partition coefficient (Wildman–Crippen LogP) is 1.97. The summed E-state index contributed by atoms with van der Waals surface area (Å²) >= 11 is 5.56. The van der Waals surface area contributed by atoms with Crippen LogP contribution >= 0.6 is 11.6 Å². The van der Waals surface area contributed by atoms with Crippen LogP contribution in [0.4, 0.5) is 0 Å². The topological polar surface area (TPSA) is 46.5 Å². The molecule has 0 amide bonds. The van der Waals surface area contributed by atoms with Crippen LogP contribution in [0.15, 0.2) is 24.3 Å². The summed E-state index contributed by atoms with van der Waals surface area (Å²) < 4.78 is 0. The first kappa shape index (κ1) is 11.5. The Morgan fingerprint density at radius 3 is 2.67 bits per heavy atom. The molecule has 3 nitrogen and oxygen atoms in total. The summed E-state index contributed by atoms with van der Waals surface area (Å²) in [4.78, 5) is 14.1. The first-order valence-electron chi connectivity index (χ1n) is 2.85. The largest absolute Gasteiger partial charge is 0.372 e. The second kappa shape index (κ2) is 5.17. The van der Waals surface area contributed by atoms with Crippen LogP contribution in [0.25, 0.3) is 0 Å². The average Bonchev–Trinajstić information content (AvgIpc) is 2.03. The van der Waals surface area contributed by atoms with E-state index in [0.717, 1.165) is 0 Å². The van der Waals surface area contributed by atoms with Crippen molar-refractivity contribution in [2.24, 2.45) is 0 Å². The summed E-state index contributed by atoms with van der Waals surface area (Å²) in [7, 11) is 0. The molecule has 1 radical (unpaired) electrons. The summed E-state index contributed by atoms with van der Waals surface area (Å²) in [6.45, 7) is 0. The van der Waals surface area contributed by atoms with Crippen molar-refractivity contribution in [1.82, 2.24) is 0 Å². The monoisotopic (exact) mass is 235 g/mol. The summed E-state index contributed by atoms with van der Waals surface area (Å²) in [6.07, 6.45) is 0. The second-order valence-corrected chi connectivity index (χ2v) is 2.33. The number of hydrogen-bond donors (Lipinski definition) is 1. The third-order valence-corrected chi connectivity index (χ3v) is 1.38. The second-order valence-electron chi connectivity index (χ2n) is 1.89. The van der Waals surface area contributed by atoms with Crippen LogP contribution in [-0.2, 0) is 22.0 Å².